The summed E-state index contributed by atoms with van der Waals surface area (Å²) in [6.07, 6.45) is 2.63. The van der Waals surface area contributed by atoms with E-state index in [0.29, 0.717) is 12.6 Å². The van der Waals surface area contributed by atoms with Crippen molar-refractivity contribution in [1.29, 1.82) is 0 Å². The second-order valence-corrected chi connectivity index (χ2v) is 5.39. The summed E-state index contributed by atoms with van der Waals surface area (Å²) in [5, 5.41) is 8.74. The van der Waals surface area contributed by atoms with E-state index in [2.05, 4.69) is 33.0 Å². The molecule has 17 heavy (non-hydrogen) atoms. The van der Waals surface area contributed by atoms with Crippen LogP contribution in [0.25, 0.3) is 0 Å². The van der Waals surface area contributed by atoms with E-state index in [-0.39, 0.29) is 6.42 Å². The minimum Gasteiger partial charge on any atom is -0.481 e. The van der Waals surface area contributed by atoms with E-state index >= 15 is 0 Å². The topological polar surface area (TPSA) is 40.5 Å². The molecular weight excluding hydrogens is 282 g/mol. The lowest BCUT2D eigenvalue weighted by molar-refractivity contribution is -0.137. The van der Waals surface area contributed by atoms with Gasteiger partial charge in [-0.25, -0.2) is 0 Å². The van der Waals surface area contributed by atoms with Gasteiger partial charge in [0.2, 0.25) is 0 Å². The van der Waals surface area contributed by atoms with Gasteiger partial charge >= 0.3 is 5.97 Å². The van der Waals surface area contributed by atoms with Crippen molar-refractivity contribution in [1.82, 2.24) is 4.90 Å². The molecule has 0 unspecified atom stereocenters. The van der Waals surface area contributed by atoms with Crippen molar-refractivity contribution in [2.45, 2.75) is 31.8 Å². The number of aliphatic carboxylic acids is 1. The Morgan fingerprint density at radius 3 is 2.82 bits per heavy atom. The smallest absolute Gasteiger partial charge is 0.304 e. The molecule has 0 bridgehead atoms. The highest BCUT2D eigenvalue weighted by molar-refractivity contribution is 9.10. The molecule has 0 heterocycles. The van der Waals surface area contributed by atoms with E-state index in [1.807, 2.05) is 12.1 Å². The maximum absolute atomic E-state index is 10.6. The summed E-state index contributed by atoms with van der Waals surface area (Å²) >= 11 is 3.45. The quantitative estimate of drug-likeness (QED) is 0.878. The Hall–Kier alpha value is -0.870. The minimum absolute atomic E-state index is 0.227. The molecule has 1 aliphatic rings. The second-order valence-electron chi connectivity index (χ2n) is 4.48. The van der Waals surface area contributed by atoms with E-state index < -0.39 is 5.97 Å². The Kier molecular flexibility index (Phi) is 4.18. The summed E-state index contributed by atoms with van der Waals surface area (Å²) in [5.41, 5.74) is 1.23. The third kappa shape index (κ3) is 4.13. The fourth-order valence-electron chi connectivity index (χ4n) is 1.94. The van der Waals surface area contributed by atoms with E-state index in [1.165, 1.54) is 18.4 Å². The monoisotopic (exact) mass is 297 g/mol. The molecular formula is C13H16BrNO2. The summed E-state index contributed by atoms with van der Waals surface area (Å²) in [5.74, 6) is -0.718. The van der Waals surface area contributed by atoms with Crippen LogP contribution in [0.3, 0.4) is 0 Å². The lowest BCUT2D eigenvalue weighted by Crippen LogP contribution is -2.28. The van der Waals surface area contributed by atoms with Crippen molar-refractivity contribution < 1.29 is 9.90 Å². The molecule has 0 spiro atoms. The molecule has 0 amide bonds. The van der Waals surface area contributed by atoms with E-state index in [1.54, 1.807) is 0 Å². The molecule has 0 aromatic heterocycles. The van der Waals surface area contributed by atoms with Crippen LogP contribution < -0.4 is 0 Å². The normalized spacial score (nSPS) is 15.2. The highest BCUT2D eigenvalue weighted by Crippen LogP contribution is 2.28. The fraction of sp³-hybridized carbons (Fsp3) is 0.462. The molecule has 4 heteroatoms. The Morgan fingerprint density at radius 1 is 1.47 bits per heavy atom. The number of hydrogen-bond donors (Lipinski definition) is 1. The molecule has 0 aliphatic heterocycles. The molecule has 1 fully saturated rings. The molecule has 1 N–H and O–H groups in total. The molecule has 1 saturated carbocycles. The van der Waals surface area contributed by atoms with Crippen LogP contribution in [-0.2, 0) is 11.3 Å². The van der Waals surface area contributed by atoms with Gasteiger partial charge in [-0.05, 0) is 30.5 Å². The number of rotatable bonds is 6. The molecule has 0 saturated heterocycles. The molecule has 1 aliphatic carbocycles. The van der Waals surface area contributed by atoms with Crippen LogP contribution in [0.4, 0.5) is 0 Å². The van der Waals surface area contributed by atoms with Crippen molar-refractivity contribution in [3.05, 3.63) is 34.3 Å². The van der Waals surface area contributed by atoms with Crippen LogP contribution >= 0.6 is 15.9 Å². The first-order valence-electron chi connectivity index (χ1n) is 5.85. The predicted molar refractivity (Wildman–Crippen MR) is 69.8 cm³/mol. The van der Waals surface area contributed by atoms with Crippen molar-refractivity contribution in [3.8, 4) is 0 Å². The number of carboxylic acids is 1. The molecule has 1 aromatic carbocycles. The lowest BCUT2D eigenvalue weighted by Gasteiger charge is -2.21. The summed E-state index contributed by atoms with van der Waals surface area (Å²) in [6.45, 7) is 1.49. The van der Waals surface area contributed by atoms with Gasteiger partial charge in [-0.15, -0.1) is 0 Å². The summed E-state index contributed by atoms with van der Waals surface area (Å²) in [6, 6.07) is 8.79. The van der Waals surface area contributed by atoms with Gasteiger partial charge in [-0.2, -0.15) is 0 Å². The molecule has 3 nitrogen and oxygen atoms in total. The Labute approximate surface area is 110 Å². The number of carboxylic acid groups (broad SMARTS) is 1. The van der Waals surface area contributed by atoms with Gasteiger partial charge in [0, 0.05) is 23.6 Å². The molecule has 2 rings (SSSR count). The third-order valence-electron chi connectivity index (χ3n) is 2.95. The third-order valence-corrected chi connectivity index (χ3v) is 3.44. The Balaban J connectivity index is 1.95. The van der Waals surface area contributed by atoms with Crippen LogP contribution in [0.15, 0.2) is 28.7 Å². The summed E-state index contributed by atoms with van der Waals surface area (Å²) in [4.78, 5) is 12.9. The highest BCUT2D eigenvalue weighted by atomic mass is 79.9. The van der Waals surface area contributed by atoms with Crippen LogP contribution in [0.5, 0.6) is 0 Å². The molecule has 1 aromatic rings. The average molecular weight is 298 g/mol. The number of halogens is 1. The van der Waals surface area contributed by atoms with Crippen molar-refractivity contribution in [2.24, 2.45) is 0 Å². The first-order valence-corrected chi connectivity index (χ1v) is 6.65. The van der Waals surface area contributed by atoms with Crippen molar-refractivity contribution in [2.75, 3.05) is 6.54 Å². The van der Waals surface area contributed by atoms with Crippen molar-refractivity contribution in [3.63, 3.8) is 0 Å². The van der Waals surface area contributed by atoms with Crippen LogP contribution in [0.1, 0.15) is 24.8 Å². The largest absolute Gasteiger partial charge is 0.481 e. The lowest BCUT2D eigenvalue weighted by atomic mass is 10.2. The number of benzene rings is 1. The molecule has 92 valence electrons. The van der Waals surface area contributed by atoms with Gasteiger partial charge in [0.05, 0.1) is 6.42 Å². The maximum atomic E-state index is 10.6. The van der Waals surface area contributed by atoms with Crippen molar-refractivity contribution >= 4 is 21.9 Å². The first kappa shape index (κ1) is 12.6. The zero-order valence-electron chi connectivity index (χ0n) is 9.60. The van der Waals surface area contributed by atoms with Gasteiger partial charge in [0.25, 0.3) is 0 Å². The number of carbonyl (C=O) groups is 1. The zero-order valence-corrected chi connectivity index (χ0v) is 11.2. The SMILES string of the molecule is O=C(O)CCN(Cc1cccc(Br)c1)C1CC1. The fourth-order valence-corrected chi connectivity index (χ4v) is 2.39. The number of hydrogen-bond acceptors (Lipinski definition) is 2. The van der Waals surface area contributed by atoms with Crippen LogP contribution in [0.2, 0.25) is 0 Å². The second kappa shape index (κ2) is 5.65. The summed E-state index contributed by atoms with van der Waals surface area (Å²) in [7, 11) is 0. The van der Waals surface area contributed by atoms with Crippen LogP contribution in [0, 0.1) is 0 Å². The van der Waals surface area contributed by atoms with Gasteiger partial charge < -0.3 is 5.11 Å². The van der Waals surface area contributed by atoms with E-state index in [9.17, 15) is 4.79 Å². The van der Waals surface area contributed by atoms with Gasteiger partial charge in [0.1, 0.15) is 0 Å². The van der Waals surface area contributed by atoms with Crippen LogP contribution in [-0.4, -0.2) is 28.6 Å². The first-order chi connectivity index (χ1) is 8.15. The summed E-state index contributed by atoms with van der Waals surface area (Å²) < 4.78 is 1.07. The van der Waals surface area contributed by atoms with E-state index in [0.717, 1.165) is 11.0 Å². The number of nitrogens with zero attached hydrogens (tertiary/aromatic N) is 1. The zero-order chi connectivity index (χ0) is 12.3. The molecule has 0 atom stereocenters. The Bertz CT molecular complexity index is 404. The Morgan fingerprint density at radius 2 is 2.24 bits per heavy atom. The van der Waals surface area contributed by atoms with Gasteiger partial charge in [-0.3, -0.25) is 9.69 Å². The van der Waals surface area contributed by atoms with Gasteiger partial charge in [-0.1, -0.05) is 28.1 Å². The van der Waals surface area contributed by atoms with Gasteiger partial charge in [0.15, 0.2) is 0 Å². The average Bonchev–Trinajstić information content (AvgIpc) is 3.07. The molecule has 0 radical (unpaired) electrons. The standard InChI is InChI=1S/C13H16BrNO2/c14-11-3-1-2-10(8-11)9-15(12-4-5-12)7-6-13(16)17/h1-3,8,12H,4-7,9H2,(H,16,17). The maximum Gasteiger partial charge on any atom is 0.304 e. The van der Waals surface area contributed by atoms with E-state index in [4.69, 9.17) is 5.11 Å². The minimum atomic E-state index is -0.718. The highest BCUT2D eigenvalue weighted by Gasteiger charge is 2.28. The predicted octanol–water partition coefficient (Wildman–Crippen LogP) is 2.89.